The van der Waals surface area contributed by atoms with Crippen molar-refractivity contribution in [3.8, 4) is 0 Å². The van der Waals surface area contributed by atoms with E-state index in [0.29, 0.717) is 5.41 Å². The van der Waals surface area contributed by atoms with Crippen LogP contribution in [-0.2, 0) is 0 Å². The van der Waals surface area contributed by atoms with E-state index < -0.39 is 0 Å². The van der Waals surface area contributed by atoms with Gasteiger partial charge in [0.2, 0.25) is 0 Å². The predicted octanol–water partition coefficient (Wildman–Crippen LogP) is 3.12. The van der Waals surface area contributed by atoms with Gasteiger partial charge in [0.1, 0.15) is 0 Å². The Balaban J connectivity index is 4.06. The Bertz CT molecular complexity index is 193. The average molecular weight is 260 g/mol. The van der Waals surface area contributed by atoms with E-state index in [1.165, 1.54) is 18.6 Å². The lowest BCUT2D eigenvalue weighted by molar-refractivity contribution is 0.243. The molecule has 0 saturated carbocycles. The maximum Gasteiger partial charge on any atom is 0.00174 e. The fourth-order valence-corrected chi connectivity index (χ4v) is 2.44. The molecule has 17 heavy (non-hydrogen) atoms. The summed E-state index contributed by atoms with van der Waals surface area (Å²) >= 11 is 1.94. The Morgan fingerprint density at radius 2 is 1.59 bits per heavy atom. The molecular formula is C14H32N2S. The number of nitrogens with two attached hydrogens (primary N) is 1. The number of hydrogen-bond acceptors (Lipinski definition) is 3. The van der Waals surface area contributed by atoms with Gasteiger partial charge in [-0.2, -0.15) is 11.8 Å². The van der Waals surface area contributed by atoms with Crippen molar-refractivity contribution in [1.82, 2.24) is 5.32 Å². The minimum Gasteiger partial charge on any atom is -0.330 e. The van der Waals surface area contributed by atoms with Crippen LogP contribution < -0.4 is 11.1 Å². The minimum absolute atomic E-state index is 0.258. The van der Waals surface area contributed by atoms with Gasteiger partial charge >= 0.3 is 0 Å². The second kappa shape index (κ2) is 8.39. The topological polar surface area (TPSA) is 38.0 Å². The molecule has 0 rings (SSSR count). The lowest BCUT2D eigenvalue weighted by Crippen LogP contribution is -2.41. The Labute approximate surface area is 112 Å². The molecule has 2 unspecified atom stereocenters. The average Bonchev–Trinajstić information content (AvgIpc) is 2.36. The molecule has 0 radical (unpaired) electrons. The molecule has 0 spiro atoms. The normalized spacial score (nSPS) is 18.7. The summed E-state index contributed by atoms with van der Waals surface area (Å²) in [5.41, 5.74) is 6.53. The molecule has 104 valence electrons. The van der Waals surface area contributed by atoms with Crippen molar-refractivity contribution in [3.63, 3.8) is 0 Å². The van der Waals surface area contributed by atoms with Gasteiger partial charge < -0.3 is 11.1 Å². The molecule has 2 nitrogen and oxygen atoms in total. The molecule has 0 aliphatic heterocycles. The summed E-state index contributed by atoms with van der Waals surface area (Å²) in [5.74, 6) is 1.26. The predicted molar refractivity (Wildman–Crippen MR) is 81.7 cm³/mol. The summed E-state index contributed by atoms with van der Waals surface area (Å²) in [7, 11) is 0. The second-order valence-corrected chi connectivity index (χ2v) is 6.86. The molecule has 2 atom stereocenters. The van der Waals surface area contributed by atoms with Gasteiger partial charge in [0.15, 0.2) is 0 Å². The molecule has 0 aliphatic rings. The highest BCUT2D eigenvalue weighted by Gasteiger charge is 2.24. The molecule has 0 fully saturated rings. The summed E-state index contributed by atoms with van der Waals surface area (Å²) in [6.07, 6.45) is 5.87. The fourth-order valence-electron chi connectivity index (χ4n) is 1.75. The van der Waals surface area contributed by atoms with Crippen LogP contribution in [0.4, 0.5) is 0 Å². The van der Waals surface area contributed by atoms with Gasteiger partial charge in [-0.3, -0.25) is 0 Å². The zero-order chi connectivity index (χ0) is 13.4. The van der Waals surface area contributed by atoms with E-state index in [-0.39, 0.29) is 5.41 Å². The van der Waals surface area contributed by atoms with E-state index >= 15 is 0 Å². The second-order valence-electron chi connectivity index (χ2n) is 5.88. The van der Waals surface area contributed by atoms with Crippen LogP contribution in [0.25, 0.3) is 0 Å². The zero-order valence-electron chi connectivity index (χ0n) is 12.4. The fraction of sp³-hybridized carbons (Fsp3) is 1.00. The lowest BCUT2D eigenvalue weighted by Gasteiger charge is -2.32. The van der Waals surface area contributed by atoms with Crippen LogP contribution in [0.2, 0.25) is 0 Å². The summed E-state index contributed by atoms with van der Waals surface area (Å²) in [6, 6.07) is 0. The first kappa shape index (κ1) is 17.3. The Morgan fingerprint density at radius 1 is 1.06 bits per heavy atom. The first-order chi connectivity index (χ1) is 7.95. The number of hydrogen-bond donors (Lipinski definition) is 2. The zero-order valence-corrected chi connectivity index (χ0v) is 13.3. The standard InChI is InChI=1S/C14H32N2S/c1-6-13(3,8-9-17-5)11-16-12-14(4,7-2)10-15/h16H,6-12,15H2,1-5H3. The number of thioether (sulfide) groups is 1. The first-order valence-electron chi connectivity index (χ1n) is 6.85. The molecule has 3 N–H and O–H groups in total. The van der Waals surface area contributed by atoms with E-state index in [1.54, 1.807) is 0 Å². The van der Waals surface area contributed by atoms with Crippen molar-refractivity contribution in [2.24, 2.45) is 16.6 Å². The molecule has 0 aromatic heterocycles. The van der Waals surface area contributed by atoms with Gasteiger partial charge in [0, 0.05) is 13.1 Å². The van der Waals surface area contributed by atoms with Gasteiger partial charge in [-0.25, -0.2) is 0 Å². The molecule has 0 bridgehead atoms. The van der Waals surface area contributed by atoms with Crippen molar-refractivity contribution in [2.45, 2.75) is 47.0 Å². The highest BCUT2D eigenvalue weighted by molar-refractivity contribution is 7.98. The quantitative estimate of drug-likeness (QED) is 0.634. The van der Waals surface area contributed by atoms with Gasteiger partial charge in [0.25, 0.3) is 0 Å². The largest absolute Gasteiger partial charge is 0.330 e. The van der Waals surface area contributed by atoms with Gasteiger partial charge in [-0.15, -0.1) is 0 Å². The van der Waals surface area contributed by atoms with Crippen LogP contribution in [0, 0.1) is 10.8 Å². The van der Waals surface area contributed by atoms with E-state index in [9.17, 15) is 0 Å². The molecule has 3 heteroatoms. The number of rotatable bonds is 10. The smallest absolute Gasteiger partial charge is 0.00174 e. The summed E-state index contributed by atoms with van der Waals surface area (Å²) in [6.45, 7) is 12.1. The van der Waals surface area contributed by atoms with Crippen LogP contribution in [0.1, 0.15) is 47.0 Å². The monoisotopic (exact) mass is 260 g/mol. The van der Waals surface area contributed by atoms with Crippen molar-refractivity contribution in [3.05, 3.63) is 0 Å². The van der Waals surface area contributed by atoms with E-state index in [4.69, 9.17) is 5.73 Å². The van der Waals surface area contributed by atoms with Gasteiger partial charge in [-0.05, 0) is 48.6 Å². The first-order valence-corrected chi connectivity index (χ1v) is 8.24. The van der Waals surface area contributed by atoms with Crippen LogP contribution in [0.15, 0.2) is 0 Å². The van der Waals surface area contributed by atoms with Gasteiger partial charge in [-0.1, -0.05) is 27.7 Å². The Hall–Kier alpha value is 0.270. The van der Waals surface area contributed by atoms with Crippen molar-refractivity contribution in [1.29, 1.82) is 0 Å². The van der Waals surface area contributed by atoms with Crippen molar-refractivity contribution >= 4 is 11.8 Å². The highest BCUT2D eigenvalue weighted by Crippen LogP contribution is 2.27. The van der Waals surface area contributed by atoms with E-state index in [0.717, 1.165) is 26.1 Å². The Morgan fingerprint density at radius 3 is 2.00 bits per heavy atom. The third-order valence-electron chi connectivity index (χ3n) is 4.21. The third kappa shape index (κ3) is 6.68. The summed E-state index contributed by atoms with van der Waals surface area (Å²) in [4.78, 5) is 0. The van der Waals surface area contributed by atoms with E-state index in [1.807, 2.05) is 11.8 Å². The van der Waals surface area contributed by atoms with Crippen LogP contribution in [0.3, 0.4) is 0 Å². The SMILES string of the molecule is CCC(C)(CN)CNCC(C)(CC)CCSC. The van der Waals surface area contributed by atoms with Crippen LogP contribution >= 0.6 is 11.8 Å². The molecule has 0 amide bonds. The molecular weight excluding hydrogens is 228 g/mol. The third-order valence-corrected chi connectivity index (χ3v) is 4.83. The lowest BCUT2D eigenvalue weighted by atomic mass is 9.83. The van der Waals surface area contributed by atoms with Crippen molar-refractivity contribution in [2.75, 3.05) is 31.6 Å². The molecule has 0 aromatic carbocycles. The van der Waals surface area contributed by atoms with Gasteiger partial charge in [0.05, 0.1) is 0 Å². The maximum atomic E-state index is 5.84. The van der Waals surface area contributed by atoms with Crippen LogP contribution in [0.5, 0.6) is 0 Å². The minimum atomic E-state index is 0.258. The molecule has 0 saturated heterocycles. The van der Waals surface area contributed by atoms with Crippen molar-refractivity contribution < 1.29 is 0 Å². The Kier molecular flexibility index (Phi) is 8.52. The van der Waals surface area contributed by atoms with E-state index in [2.05, 4.69) is 39.3 Å². The molecule has 0 aliphatic carbocycles. The summed E-state index contributed by atoms with van der Waals surface area (Å²) < 4.78 is 0. The maximum absolute atomic E-state index is 5.84. The molecule has 0 heterocycles. The van der Waals surface area contributed by atoms with Crippen LogP contribution in [-0.4, -0.2) is 31.6 Å². The summed E-state index contributed by atoms with van der Waals surface area (Å²) in [5, 5.41) is 3.64. The number of nitrogens with one attached hydrogen (secondary N) is 1. The highest BCUT2D eigenvalue weighted by atomic mass is 32.2. The molecule has 0 aromatic rings.